The third-order valence-corrected chi connectivity index (χ3v) is 7.91. The summed E-state index contributed by atoms with van der Waals surface area (Å²) < 4.78 is 6.58. The molecule has 8 nitrogen and oxygen atoms in total. The van der Waals surface area contributed by atoms with Crippen LogP contribution in [-0.2, 0) is 34.1 Å². The molecule has 5 rings (SSSR count). The van der Waals surface area contributed by atoms with Crippen LogP contribution in [0.2, 0.25) is 0 Å². The Hall–Kier alpha value is -3.04. The molecule has 1 aromatic carbocycles. The summed E-state index contributed by atoms with van der Waals surface area (Å²) in [5.74, 6) is -0.440. The highest BCUT2D eigenvalue weighted by atomic mass is 32.1. The lowest BCUT2D eigenvalue weighted by atomic mass is 9.83. The highest BCUT2D eigenvalue weighted by Gasteiger charge is 2.32. The lowest BCUT2D eigenvalue weighted by Gasteiger charge is -2.36. The van der Waals surface area contributed by atoms with Crippen molar-refractivity contribution in [1.29, 1.82) is 0 Å². The maximum Gasteiger partial charge on any atom is 0.313 e. The number of thiazole rings is 1. The average Bonchev–Trinajstić information content (AvgIpc) is 3.54. The fourth-order valence-corrected chi connectivity index (χ4v) is 5.73. The van der Waals surface area contributed by atoms with Crippen LogP contribution in [0.5, 0.6) is 0 Å². The first-order valence-electron chi connectivity index (χ1n) is 11.8. The topological polar surface area (TPSA) is 110 Å². The second-order valence-electron chi connectivity index (χ2n) is 9.19. The highest BCUT2D eigenvalue weighted by Crippen LogP contribution is 2.32. The van der Waals surface area contributed by atoms with E-state index in [1.807, 2.05) is 23.7 Å². The minimum absolute atomic E-state index is 0.0525. The Morgan fingerprint density at radius 2 is 2.00 bits per heavy atom. The molecule has 1 aliphatic heterocycles. The molecule has 34 heavy (non-hydrogen) atoms. The molecule has 1 saturated carbocycles. The Morgan fingerprint density at radius 3 is 2.82 bits per heavy atom. The van der Waals surface area contributed by atoms with Crippen LogP contribution in [0.3, 0.4) is 0 Å². The number of nitrogens with two attached hydrogens (primary N) is 1. The number of nitrogen functional groups attached to an aromatic ring is 1. The summed E-state index contributed by atoms with van der Waals surface area (Å²) in [6, 6.07) is 5.99. The maximum atomic E-state index is 13.5. The van der Waals surface area contributed by atoms with Gasteiger partial charge in [-0.3, -0.25) is 9.59 Å². The minimum Gasteiger partial charge on any atom is -0.383 e. The number of nitrogens with one attached hydrogen (secondary N) is 1. The molecule has 2 amide bonds. The predicted octanol–water partition coefficient (Wildman–Crippen LogP) is 4.24. The number of nitrogens with zero attached hydrogens (tertiary/aromatic N) is 3. The summed E-state index contributed by atoms with van der Waals surface area (Å²) in [5, 5.41) is 2.78. The normalized spacial score (nSPS) is 16.9. The van der Waals surface area contributed by atoms with Gasteiger partial charge in [-0.25, -0.2) is 9.97 Å². The van der Waals surface area contributed by atoms with Gasteiger partial charge >= 0.3 is 11.8 Å². The molecule has 3 heterocycles. The average molecular weight is 480 g/mol. The minimum atomic E-state index is -0.668. The Balaban J connectivity index is 1.39. The number of hydrogen-bond donors (Lipinski definition) is 2. The molecule has 0 radical (unpaired) electrons. The number of aromatic nitrogens is 2. The Kier molecular flexibility index (Phi) is 6.47. The van der Waals surface area contributed by atoms with E-state index in [1.165, 1.54) is 12.6 Å². The molecule has 3 N–H and O–H groups in total. The van der Waals surface area contributed by atoms with Crippen LogP contribution in [0.4, 0.5) is 11.5 Å². The highest BCUT2D eigenvalue weighted by molar-refractivity contribution is 7.16. The zero-order valence-corrected chi connectivity index (χ0v) is 20.1. The van der Waals surface area contributed by atoms with Crippen molar-refractivity contribution in [3.8, 4) is 0 Å². The van der Waals surface area contributed by atoms with Gasteiger partial charge in [-0.2, -0.15) is 0 Å². The van der Waals surface area contributed by atoms with Gasteiger partial charge in [0.25, 0.3) is 0 Å². The Bertz CT molecular complexity index is 1220. The van der Waals surface area contributed by atoms with Crippen LogP contribution in [0.1, 0.15) is 55.7 Å². The van der Waals surface area contributed by atoms with Crippen molar-refractivity contribution in [1.82, 2.24) is 14.9 Å². The monoisotopic (exact) mass is 479 g/mol. The lowest BCUT2D eigenvalue weighted by molar-refractivity contribution is -0.146. The zero-order chi connectivity index (χ0) is 23.7. The molecule has 0 spiro atoms. The molecule has 1 atom stereocenters. The third-order valence-electron chi connectivity index (χ3n) is 7.10. The molecule has 2 aromatic heterocycles. The second-order valence-corrected chi connectivity index (χ2v) is 10.1. The van der Waals surface area contributed by atoms with Gasteiger partial charge in [0.1, 0.15) is 5.82 Å². The fourth-order valence-electron chi connectivity index (χ4n) is 5.07. The smallest absolute Gasteiger partial charge is 0.313 e. The van der Waals surface area contributed by atoms with E-state index < -0.39 is 11.8 Å². The predicted molar refractivity (Wildman–Crippen MR) is 132 cm³/mol. The first kappa shape index (κ1) is 22.7. The summed E-state index contributed by atoms with van der Waals surface area (Å²) >= 11 is 1.59. The van der Waals surface area contributed by atoms with Gasteiger partial charge in [0, 0.05) is 23.7 Å². The number of fused-ring (bicyclic) bond motifs is 2. The number of ether oxygens (including phenoxy) is 1. The van der Waals surface area contributed by atoms with E-state index in [9.17, 15) is 9.59 Å². The largest absolute Gasteiger partial charge is 0.383 e. The summed E-state index contributed by atoms with van der Waals surface area (Å²) in [4.78, 5) is 37.0. The molecular weight excluding hydrogens is 450 g/mol. The summed E-state index contributed by atoms with van der Waals surface area (Å²) in [7, 11) is 0. The number of carbonyl (C=O) groups excluding carboxylic acids is 2. The number of carbonyl (C=O) groups is 2. The molecule has 178 valence electrons. The number of hydrogen-bond acceptors (Lipinski definition) is 7. The van der Waals surface area contributed by atoms with E-state index in [-0.39, 0.29) is 6.04 Å². The molecule has 2 aliphatic rings. The number of rotatable bonds is 5. The van der Waals surface area contributed by atoms with E-state index >= 15 is 0 Å². The molecule has 9 heteroatoms. The van der Waals surface area contributed by atoms with Crippen molar-refractivity contribution in [2.24, 2.45) is 5.92 Å². The standard InChI is InChI=1S/C25H29N5O3S/c1-15(17-5-3-2-4-6-17)30(11-16-7-8-22-20(9-16)28-14-34-22)25(32)24(31)29-21-10-27-23(26)19-13-33-12-18(19)21/h7-10,14-15,17H,2-6,11-13H2,1H3,(H2,26,27)(H,29,31). The van der Waals surface area contributed by atoms with Gasteiger partial charge in [-0.15, -0.1) is 11.3 Å². The van der Waals surface area contributed by atoms with E-state index in [4.69, 9.17) is 10.5 Å². The van der Waals surface area contributed by atoms with Crippen molar-refractivity contribution in [2.75, 3.05) is 11.1 Å². The Labute approximate surface area is 202 Å². The molecular formula is C25H29N5O3S. The van der Waals surface area contributed by atoms with Gasteiger partial charge < -0.3 is 20.7 Å². The van der Waals surface area contributed by atoms with E-state index in [1.54, 1.807) is 16.2 Å². The van der Waals surface area contributed by atoms with Gasteiger partial charge in [-0.1, -0.05) is 25.3 Å². The van der Waals surface area contributed by atoms with E-state index in [0.29, 0.717) is 37.2 Å². The number of pyridine rings is 1. The molecule has 0 saturated heterocycles. The summed E-state index contributed by atoms with van der Waals surface area (Å²) in [6.45, 7) is 3.12. The van der Waals surface area contributed by atoms with Crippen LogP contribution < -0.4 is 11.1 Å². The summed E-state index contributed by atoms with van der Waals surface area (Å²) in [6.07, 6.45) is 7.21. The zero-order valence-electron chi connectivity index (χ0n) is 19.3. The van der Waals surface area contributed by atoms with E-state index in [2.05, 4.69) is 22.2 Å². The van der Waals surface area contributed by atoms with Crippen molar-refractivity contribution in [2.45, 2.75) is 64.8 Å². The SMILES string of the molecule is CC(C1CCCCC1)N(Cc1ccc2scnc2c1)C(=O)C(=O)Nc1cnc(N)c2c1COC2. The van der Waals surface area contributed by atoms with Crippen molar-refractivity contribution in [3.63, 3.8) is 0 Å². The van der Waals surface area contributed by atoms with Gasteiger partial charge in [0.2, 0.25) is 0 Å². The quantitative estimate of drug-likeness (QED) is 0.530. The number of anilines is 2. The first-order valence-corrected chi connectivity index (χ1v) is 12.7. The first-order chi connectivity index (χ1) is 16.5. The molecule has 0 bridgehead atoms. The van der Waals surface area contributed by atoms with Crippen LogP contribution in [-0.4, -0.2) is 32.7 Å². The molecule has 1 aliphatic carbocycles. The summed E-state index contributed by atoms with van der Waals surface area (Å²) in [5.41, 5.74) is 11.7. The molecule has 1 fully saturated rings. The van der Waals surface area contributed by atoms with Crippen molar-refractivity contribution < 1.29 is 14.3 Å². The third kappa shape index (κ3) is 4.50. The fraction of sp³-hybridized carbons (Fsp3) is 0.440. The van der Waals surface area contributed by atoms with Crippen LogP contribution >= 0.6 is 11.3 Å². The van der Waals surface area contributed by atoms with Crippen LogP contribution in [0.25, 0.3) is 10.2 Å². The van der Waals surface area contributed by atoms with E-state index in [0.717, 1.165) is 52.6 Å². The number of amides is 2. The van der Waals surface area contributed by atoms with Crippen LogP contribution in [0.15, 0.2) is 29.9 Å². The van der Waals surface area contributed by atoms with Crippen molar-refractivity contribution in [3.05, 3.63) is 46.6 Å². The van der Waals surface area contributed by atoms with Gasteiger partial charge in [0.15, 0.2) is 0 Å². The van der Waals surface area contributed by atoms with Crippen molar-refractivity contribution >= 4 is 44.9 Å². The maximum absolute atomic E-state index is 13.5. The molecule has 1 unspecified atom stereocenters. The van der Waals surface area contributed by atoms with Gasteiger partial charge in [0.05, 0.1) is 40.8 Å². The second kappa shape index (κ2) is 9.68. The lowest BCUT2D eigenvalue weighted by Crippen LogP contribution is -2.47. The van der Waals surface area contributed by atoms with Crippen LogP contribution in [0, 0.1) is 5.92 Å². The number of benzene rings is 1. The Morgan fingerprint density at radius 1 is 1.21 bits per heavy atom. The van der Waals surface area contributed by atoms with Gasteiger partial charge in [-0.05, 0) is 43.4 Å². The molecule has 3 aromatic rings.